The van der Waals surface area contributed by atoms with Crippen molar-refractivity contribution in [2.24, 2.45) is 0 Å². The van der Waals surface area contributed by atoms with Crippen molar-refractivity contribution < 1.29 is 19.1 Å². The van der Waals surface area contributed by atoms with Gasteiger partial charge >= 0.3 is 0 Å². The van der Waals surface area contributed by atoms with Gasteiger partial charge in [0.2, 0.25) is 5.91 Å². The topological polar surface area (TPSA) is 109 Å². The van der Waals surface area contributed by atoms with Crippen LogP contribution in [0, 0.1) is 0 Å². The zero-order chi connectivity index (χ0) is 32.5. The standard InChI is InChI=1S/C35H29BrN4O4S2/c1-22(32(41)40-35-39-31(21-45-35)24-10-12-26(36)13-11-24)46-29-18-14-27(15-19-29)37-34(43)30(20-23-8-16-28(44-2)17-9-23)38-33(42)25-6-4-3-5-7-25/h3-22H,1-2H3,(H,37,43)(H,38,42)(H,39,40,41)/b30-20-. The third-order valence-electron chi connectivity index (χ3n) is 6.62. The Morgan fingerprint density at radius 2 is 1.59 bits per heavy atom. The Balaban J connectivity index is 1.21. The molecule has 5 aromatic rings. The van der Waals surface area contributed by atoms with E-state index in [4.69, 9.17) is 4.74 Å². The smallest absolute Gasteiger partial charge is 0.272 e. The first-order valence-electron chi connectivity index (χ1n) is 14.1. The number of thiazole rings is 1. The van der Waals surface area contributed by atoms with Crippen molar-refractivity contribution in [3.8, 4) is 17.0 Å². The van der Waals surface area contributed by atoms with Crippen LogP contribution < -0.4 is 20.7 Å². The molecule has 0 aliphatic rings. The van der Waals surface area contributed by atoms with E-state index in [0.29, 0.717) is 27.7 Å². The first kappa shape index (κ1) is 32.7. The lowest BCUT2D eigenvalue weighted by Gasteiger charge is -2.13. The fourth-order valence-corrected chi connectivity index (χ4v) is 6.03. The molecule has 0 radical (unpaired) electrons. The molecule has 11 heteroatoms. The van der Waals surface area contributed by atoms with E-state index in [1.807, 2.05) is 54.8 Å². The highest BCUT2D eigenvalue weighted by Crippen LogP contribution is 2.29. The molecule has 0 bridgehead atoms. The first-order chi connectivity index (χ1) is 22.3. The van der Waals surface area contributed by atoms with E-state index in [-0.39, 0.29) is 11.6 Å². The van der Waals surface area contributed by atoms with Crippen LogP contribution in [0.2, 0.25) is 0 Å². The number of thioether (sulfide) groups is 1. The highest BCUT2D eigenvalue weighted by Gasteiger charge is 2.18. The molecule has 0 fully saturated rings. The number of rotatable bonds is 11. The van der Waals surface area contributed by atoms with Crippen molar-refractivity contribution in [2.75, 3.05) is 17.7 Å². The van der Waals surface area contributed by atoms with Crippen LogP contribution >= 0.6 is 39.0 Å². The van der Waals surface area contributed by atoms with Gasteiger partial charge in [0, 0.05) is 31.6 Å². The molecule has 5 rings (SSSR count). The van der Waals surface area contributed by atoms with Crippen LogP contribution in [0.1, 0.15) is 22.8 Å². The average molecular weight is 714 g/mol. The van der Waals surface area contributed by atoms with Gasteiger partial charge in [-0.05, 0) is 79.2 Å². The molecule has 0 spiro atoms. The predicted molar refractivity (Wildman–Crippen MR) is 189 cm³/mol. The largest absolute Gasteiger partial charge is 0.497 e. The molecule has 4 aromatic carbocycles. The van der Waals surface area contributed by atoms with E-state index in [1.165, 1.54) is 23.1 Å². The van der Waals surface area contributed by atoms with Crippen LogP contribution in [0.15, 0.2) is 124 Å². The van der Waals surface area contributed by atoms with Crippen molar-refractivity contribution in [2.45, 2.75) is 17.1 Å². The maximum atomic E-state index is 13.4. The average Bonchev–Trinajstić information content (AvgIpc) is 3.54. The summed E-state index contributed by atoms with van der Waals surface area (Å²) in [6.45, 7) is 1.82. The van der Waals surface area contributed by atoms with Crippen LogP contribution in [0.3, 0.4) is 0 Å². The van der Waals surface area contributed by atoms with Gasteiger partial charge < -0.3 is 20.7 Å². The minimum absolute atomic E-state index is 0.0771. The molecule has 3 N–H and O–H groups in total. The van der Waals surface area contributed by atoms with E-state index >= 15 is 0 Å². The lowest BCUT2D eigenvalue weighted by Crippen LogP contribution is -2.30. The molecule has 46 heavy (non-hydrogen) atoms. The lowest BCUT2D eigenvalue weighted by atomic mass is 10.1. The summed E-state index contributed by atoms with van der Waals surface area (Å²) in [5.41, 5.74) is 3.51. The van der Waals surface area contributed by atoms with Crippen LogP contribution in [-0.4, -0.2) is 35.1 Å². The Morgan fingerprint density at radius 3 is 2.26 bits per heavy atom. The summed E-state index contributed by atoms with van der Waals surface area (Å²) in [7, 11) is 1.58. The molecular formula is C35H29BrN4O4S2. The van der Waals surface area contributed by atoms with Gasteiger partial charge in [-0.3, -0.25) is 14.4 Å². The highest BCUT2D eigenvalue weighted by atomic mass is 79.9. The van der Waals surface area contributed by atoms with Gasteiger partial charge in [0.15, 0.2) is 5.13 Å². The molecule has 1 atom stereocenters. The number of hydrogen-bond acceptors (Lipinski definition) is 7. The van der Waals surface area contributed by atoms with E-state index < -0.39 is 17.1 Å². The number of methoxy groups -OCH3 is 1. The molecule has 8 nitrogen and oxygen atoms in total. The summed E-state index contributed by atoms with van der Waals surface area (Å²) in [6, 6.07) is 30.8. The third-order valence-corrected chi connectivity index (χ3v) is 9.02. The third kappa shape index (κ3) is 8.94. The maximum absolute atomic E-state index is 13.4. The van der Waals surface area contributed by atoms with Crippen molar-refractivity contribution in [3.63, 3.8) is 0 Å². The number of nitrogens with one attached hydrogen (secondary N) is 3. The number of benzene rings is 4. The number of carbonyl (C=O) groups excluding carboxylic acids is 3. The van der Waals surface area contributed by atoms with Crippen molar-refractivity contribution >= 4 is 73.6 Å². The van der Waals surface area contributed by atoms with Crippen LogP contribution in [0.5, 0.6) is 5.75 Å². The van der Waals surface area contributed by atoms with Gasteiger partial charge in [-0.25, -0.2) is 4.98 Å². The number of halogens is 1. The number of amides is 3. The van der Waals surface area contributed by atoms with E-state index in [1.54, 1.807) is 73.8 Å². The number of hydrogen-bond donors (Lipinski definition) is 3. The summed E-state index contributed by atoms with van der Waals surface area (Å²) >= 11 is 6.20. The van der Waals surface area contributed by atoms with Crippen LogP contribution in [-0.2, 0) is 9.59 Å². The minimum atomic E-state index is -0.487. The second-order valence-electron chi connectivity index (χ2n) is 9.92. The number of aromatic nitrogens is 1. The maximum Gasteiger partial charge on any atom is 0.272 e. The van der Waals surface area contributed by atoms with Gasteiger partial charge in [-0.1, -0.05) is 58.4 Å². The van der Waals surface area contributed by atoms with Gasteiger partial charge in [0.1, 0.15) is 11.4 Å². The number of anilines is 2. The minimum Gasteiger partial charge on any atom is -0.497 e. The van der Waals surface area contributed by atoms with E-state index in [2.05, 4.69) is 36.9 Å². The molecule has 1 unspecified atom stereocenters. The summed E-state index contributed by atoms with van der Waals surface area (Å²) in [5.74, 6) is -0.382. The fraction of sp³-hybridized carbons (Fsp3) is 0.0857. The molecular weight excluding hydrogens is 684 g/mol. The SMILES string of the molecule is COc1ccc(/C=C(\NC(=O)c2ccccc2)C(=O)Nc2ccc(SC(C)C(=O)Nc3nc(-c4ccc(Br)cc4)cs3)cc2)cc1. The van der Waals surface area contributed by atoms with Gasteiger partial charge in [0.25, 0.3) is 11.8 Å². The Hall–Kier alpha value is -4.71. The number of nitrogens with zero attached hydrogens (tertiary/aromatic N) is 1. The van der Waals surface area contributed by atoms with E-state index in [9.17, 15) is 14.4 Å². The zero-order valence-corrected chi connectivity index (χ0v) is 28.0. The molecule has 1 heterocycles. The first-order valence-corrected chi connectivity index (χ1v) is 16.6. The second-order valence-corrected chi connectivity index (χ2v) is 13.1. The zero-order valence-electron chi connectivity index (χ0n) is 24.8. The Kier molecular flexibility index (Phi) is 11.0. The summed E-state index contributed by atoms with van der Waals surface area (Å²) in [6.07, 6.45) is 1.60. The van der Waals surface area contributed by atoms with Crippen molar-refractivity contribution in [3.05, 3.63) is 130 Å². The fourth-order valence-electron chi connectivity index (χ4n) is 4.17. The Bertz CT molecular complexity index is 1840. The molecule has 232 valence electrons. The molecule has 0 aliphatic carbocycles. The van der Waals surface area contributed by atoms with Crippen molar-refractivity contribution in [1.29, 1.82) is 0 Å². The number of ether oxygens (including phenoxy) is 1. The molecule has 0 saturated carbocycles. The Labute approximate surface area is 283 Å². The predicted octanol–water partition coefficient (Wildman–Crippen LogP) is 8.11. The van der Waals surface area contributed by atoms with Crippen molar-refractivity contribution in [1.82, 2.24) is 10.3 Å². The monoisotopic (exact) mass is 712 g/mol. The molecule has 0 aliphatic heterocycles. The molecule has 0 saturated heterocycles. The molecule has 3 amide bonds. The van der Waals surface area contributed by atoms with Crippen LogP contribution in [0.25, 0.3) is 17.3 Å². The number of carbonyl (C=O) groups is 3. The van der Waals surface area contributed by atoms with Gasteiger partial charge in [-0.2, -0.15) is 0 Å². The van der Waals surface area contributed by atoms with Gasteiger partial charge in [-0.15, -0.1) is 23.1 Å². The van der Waals surface area contributed by atoms with E-state index in [0.717, 1.165) is 20.6 Å². The summed E-state index contributed by atoms with van der Waals surface area (Å²) in [4.78, 5) is 44.6. The van der Waals surface area contributed by atoms with Gasteiger partial charge in [0.05, 0.1) is 18.1 Å². The lowest BCUT2D eigenvalue weighted by molar-refractivity contribution is -0.115. The summed E-state index contributed by atoms with van der Waals surface area (Å²) < 4.78 is 6.20. The summed E-state index contributed by atoms with van der Waals surface area (Å²) in [5, 5.41) is 10.5. The highest BCUT2D eigenvalue weighted by molar-refractivity contribution is 9.10. The quantitative estimate of drug-likeness (QED) is 0.0943. The normalized spacial score (nSPS) is 11.8. The second kappa shape index (κ2) is 15.5. The Morgan fingerprint density at radius 1 is 0.891 bits per heavy atom. The van der Waals surface area contributed by atoms with Crippen LogP contribution in [0.4, 0.5) is 10.8 Å². The molecule has 1 aromatic heterocycles.